The topological polar surface area (TPSA) is 63.2 Å². The van der Waals surface area contributed by atoms with Crippen molar-refractivity contribution in [3.63, 3.8) is 0 Å². The molecule has 0 aromatic rings. The van der Waals surface area contributed by atoms with Gasteiger partial charge in [0.05, 0.1) is 0 Å². The number of amides is 1. The number of carbonyl (C=O) groups excluding carboxylic acids is 3. The van der Waals surface area contributed by atoms with Crippen LogP contribution in [0.2, 0.25) is 0 Å². The Kier molecular flexibility index (Phi) is 8.87. The number of nitrogens with one attached hydrogen (secondary N) is 1. The Morgan fingerprint density at radius 3 is 2.37 bits per heavy atom. The first-order valence-corrected chi connectivity index (χ1v) is 6.71. The molecule has 1 amide bonds. The van der Waals surface area contributed by atoms with Gasteiger partial charge in [-0.2, -0.15) is 0 Å². The van der Waals surface area contributed by atoms with Crippen LogP contribution in [0.1, 0.15) is 33.6 Å². The molecule has 0 aliphatic carbocycles. The van der Waals surface area contributed by atoms with Crippen LogP contribution in [0, 0.1) is 5.92 Å². The highest BCUT2D eigenvalue weighted by Crippen LogP contribution is 2.10. The minimum atomic E-state index is -0.956. The van der Waals surface area contributed by atoms with E-state index in [2.05, 4.69) is 24.9 Å². The minimum Gasteiger partial charge on any atom is -0.353 e. The molecule has 0 heterocycles. The van der Waals surface area contributed by atoms with Crippen LogP contribution in [0.3, 0.4) is 0 Å². The second-order valence-corrected chi connectivity index (χ2v) is 4.72. The number of hydrogen-bond donors (Lipinski definition) is 2. The van der Waals surface area contributed by atoms with Crippen LogP contribution in [-0.2, 0) is 14.4 Å². The van der Waals surface area contributed by atoms with E-state index in [9.17, 15) is 14.4 Å². The number of rotatable bonds is 8. The normalized spacial score (nSPS) is 14.5. The average molecular weight is 283 g/mol. The lowest BCUT2D eigenvalue weighted by Gasteiger charge is -2.19. The summed E-state index contributed by atoms with van der Waals surface area (Å²) >= 11 is 3.71. The van der Waals surface area contributed by atoms with E-state index >= 15 is 0 Å². The van der Waals surface area contributed by atoms with E-state index < -0.39 is 17.1 Å². The molecule has 4 nitrogen and oxygen atoms in total. The van der Waals surface area contributed by atoms with Gasteiger partial charge in [0.1, 0.15) is 5.92 Å². The third-order valence-electron chi connectivity index (χ3n) is 2.47. The zero-order valence-corrected chi connectivity index (χ0v) is 12.4. The van der Waals surface area contributed by atoms with Crippen molar-refractivity contribution < 1.29 is 14.4 Å². The van der Waals surface area contributed by atoms with Crippen LogP contribution in [0.5, 0.6) is 0 Å². The van der Waals surface area contributed by atoms with Gasteiger partial charge < -0.3 is 5.32 Å². The molecule has 0 saturated carbocycles. The third-order valence-corrected chi connectivity index (χ3v) is 2.74. The Labute approximate surface area is 119 Å². The Balaban J connectivity index is 4.67. The summed E-state index contributed by atoms with van der Waals surface area (Å²) in [4.78, 5) is 34.2. The number of allylic oxidation sites excluding steroid dienone is 4. The lowest BCUT2D eigenvalue weighted by atomic mass is 9.97. The molecule has 0 radical (unpaired) electrons. The van der Waals surface area contributed by atoms with Gasteiger partial charge in [0.15, 0.2) is 10.9 Å². The fourth-order valence-electron chi connectivity index (χ4n) is 1.58. The first-order chi connectivity index (χ1) is 8.90. The van der Waals surface area contributed by atoms with E-state index in [1.807, 2.05) is 6.08 Å². The van der Waals surface area contributed by atoms with Crippen LogP contribution in [0.25, 0.3) is 0 Å². The lowest BCUT2D eigenvalue weighted by molar-refractivity contribution is -0.127. The largest absolute Gasteiger partial charge is 0.353 e. The maximum Gasteiger partial charge on any atom is 0.217 e. The lowest BCUT2D eigenvalue weighted by Crippen LogP contribution is -2.42. The molecule has 106 valence electrons. The Morgan fingerprint density at radius 1 is 1.26 bits per heavy atom. The SMILES string of the molecule is CCC/C=C/C=C/C(=O)[C@@H](C(=O)S)C(C)NC(C)=O. The second-order valence-electron chi connectivity index (χ2n) is 4.28. The molecule has 2 atom stereocenters. The van der Waals surface area contributed by atoms with E-state index in [1.54, 1.807) is 19.1 Å². The van der Waals surface area contributed by atoms with Crippen molar-refractivity contribution in [1.29, 1.82) is 0 Å². The van der Waals surface area contributed by atoms with Gasteiger partial charge in [-0.15, -0.1) is 12.6 Å². The maximum absolute atomic E-state index is 11.9. The number of ketones is 1. The molecule has 0 aliphatic rings. The Hall–Kier alpha value is -1.36. The molecule has 0 aromatic heterocycles. The van der Waals surface area contributed by atoms with Gasteiger partial charge in [0.2, 0.25) is 5.91 Å². The van der Waals surface area contributed by atoms with Crippen molar-refractivity contribution in [2.75, 3.05) is 0 Å². The molecule has 0 aromatic carbocycles. The molecule has 0 rings (SSSR count). The van der Waals surface area contributed by atoms with E-state index in [1.165, 1.54) is 13.0 Å². The van der Waals surface area contributed by atoms with Gasteiger partial charge in [0.25, 0.3) is 0 Å². The van der Waals surface area contributed by atoms with E-state index in [0.717, 1.165) is 12.8 Å². The van der Waals surface area contributed by atoms with Crippen LogP contribution >= 0.6 is 12.6 Å². The molecule has 0 spiro atoms. The monoisotopic (exact) mass is 283 g/mol. The van der Waals surface area contributed by atoms with Crippen LogP contribution in [0.15, 0.2) is 24.3 Å². The van der Waals surface area contributed by atoms with Crippen LogP contribution < -0.4 is 5.32 Å². The molecule has 19 heavy (non-hydrogen) atoms. The molecule has 0 aliphatic heterocycles. The molecule has 1 unspecified atom stereocenters. The fraction of sp³-hybridized carbons (Fsp3) is 0.500. The average Bonchev–Trinajstić information content (AvgIpc) is 2.27. The highest BCUT2D eigenvalue weighted by Gasteiger charge is 2.28. The van der Waals surface area contributed by atoms with E-state index in [-0.39, 0.29) is 11.7 Å². The quantitative estimate of drug-likeness (QED) is 0.310. The zero-order chi connectivity index (χ0) is 14.8. The summed E-state index contributed by atoms with van der Waals surface area (Å²) in [5.41, 5.74) is 0. The Morgan fingerprint density at radius 2 is 1.89 bits per heavy atom. The molecule has 1 N–H and O–H groups in total. The first-order valence-electron chi connectivity index (χ1n) is 6.27. The number of hydrogen-bond acceptors (Lipinski definition) is 3. The van der Waals surface area contributed by atoms with Gasteiger partial charge in [-0.05, 0) is 19.4 Å². The molecule has 0 bridgehead atoms. The smallest absolute Gasteiger partial charge is 0.217 e. The molecule has 5 heteroatoms. The van der Waals surface area contributed by atoms with Gasteiger partial charge in [0, 0.05) is 13.0 Å². The summed E-state index contributed by atoms with van der Waals surface area (Å²) in [5.74, 6) is -1.60. The van der Waals surface area contributed by atoms with Crippen molar-refractivity contribution in [2.24, 2.45) is 5.92 Å². The van der Waals surface area contributed by atoms with Crippen LogP contribution in [0.4, 0.5) is 0 Å². The Bertz CT molecular complexity index is 388. The maximum atomic E-state index is 11.9. The number of carbonyl (C=O) groups is 3. The molecular weight excluding hydrogens is 262 g/mol. The molecular formula is C14H21NO3S. The summed E-state index contributed by atoms with van der Waals surface area (Å²) in [6, 6.07) is -0.570. The van der Waals surface area contributed by atoms with Crippen molar-refractivity contribution in [3.05, 3.63) is 24.3 Å². The molecule has 0 fully saturated rings. The van der Waals surface area contributed by atoms with E-state index in [0.29, 0.717) is 0 Å². The van der Waals surface area contributed by atoms with Gasteiger partial charge in [-0.1, -0.05) is 31.6 Å². The van der Waals surface area contributed by atoms with Gasteiger partial charge >= 0.3 is 0 Å². The number of thiol groups is 1. The van der Waals surface area contributed by atoms with E-state index in [4.69, 9.17) is 0 Å². The summed E-state index contributed by atoms with van der Waals surface area (Å²) in [5, 5.41) is 1.99. The summed E-state index contributed by atoms with van der Waals surface area (Å²) in [6.45, 7) is 5.01. The summed E-state index contributed by atoms with van der Waals surface area (Å²) in [6.07, 6.45) is 8.62. The van der Waals surface area contributed by atoms with Crippen molar-refractivity contribution >= 4 is 29.4 Å². The van der Waals surface area contributed by atoms with Crippen LogP contribution in [-0.4, -0.2) is 22.8 Å². The summed E-state index contributed by atoms with van der Waals surface area (Å²) < 4.78 is 0. The molecule has 0 saturated heterocycles. The predicted octanol–water partition coefficient (Wildman–Crippen LogP) is 2.07. The number of unbranched alkanes of at least 4 members (excludes halogenated alkanes) is 1. The van der Waals surface area contributed by atoms with Crippen molar-refractivity contribution in [2.45, 2.75) is 39.7 Å². The highest BCUT2D eigenvalue weighted by molar-refractivity contribution is 7.96. The van der Waals surface area contributed by atoms with Gasteiger partial charge in [-0.25, -0.2) is 0 Å². The summed E-state index contributed by atoms with van der Waals surface area (Å²) in [7, 11) is 0. The van der Waals surface area contributed by atoms with Gasteiger partial charge in [-0.3, -0.25) is 14.4 Å². The first kappa shape index (κ1) is 17.6. The second kappa shape index (κ2) is 9.55. The standard InChI is InChI=1S/C14H21NO3S/c1-4-5-6-7-8-9-12(17)13(14(18)19)10(2)15-11(3)16/h6-10,13H,4-5H2,1-3H3,(H,15,16)(H,18,19)/b7-6+,9-8+/t10?,13-/m0/s1. The fourth-order valence-corrected chi connectivity index (χ4v) is 1.93. The minimum absolute atomic E-state index is 0.285. The zero-order valence-electron chi connectivity index (χ0n) is 11.6. The predicted molar refractivity (Wildman–Crippen MR) is 79.0 cm³/mol. The van der Waals surface area contributed by atoms with Crippen molar-refractivity contribution in [1.82, 2.24) is 5.32 Å². The van der Waals surface area contributed by atoms with Crippen molar-refractivity contribution in [3.8, 4) is 0 Å². The third kappa shape index (κ3) is 7.62. The highest BCUT2D eigenvalue weighted by atomic mass is 32.1.